The number of rotatable bonds is 6. The zero-order valence-electron chi connectivity index (χ0n) is 14.2. The van der Waals surface area contributed by atoms with E-state index in [9.17, 15) is 4.79 Å². The van der Waals surface area contributed by atoms with Crippen molar-refractivity contribution in [1.82, 2.24) is 5.32 Å². The highest BCUT2D eigenvalue weighted by Gasteiger charge is 2.18. The van der Waals surface area contributed by atoms with Crippen LogP contribution in [0.5, 0.6) is 0 Å². The minimum absolute atomic E-state index is 0.0907. The second kappa shape index (κ2) is 9.59. The predicted octanol–water partition coefficient (Wildman–Crippen LogP) is 5.07. The molecule has 2 nitrogen and oxygen atoms in total. The van der Waals surface area contributed by atoms with Gasteiger partial charge in [0.1, 0.15) is 0 Å². The summed E-state index contributed by atoms with van der Waals surface area (Å²) in [4.78, 5) is 12.6. The first kappa shape index (κ1) is 17.7. The number of amides is 1. The Morgan fingerprint density at radius 3 is 2.43 bits per heavy atom. The molecule has 0 bridgehead atoms. The van der Waals surface area contributed by atoms with E-state index in [4.69, 9.17) is 0 Å². The summed E-state index contributed by atoms with van der Waals surface area (Å²) in [6.45, 7) is 8.26. The molecule has 1 fully saturated rings. The van der Waals surface area contributed by atoms with E-state index in [2.05, 4.69) is 18.3 Å². The van der Waals surface area contributed by atoms with Crippen molar-refractivity contribution in [2.24, 2.45) is 0 Å². The number of allylic oxidation sites excluding steroid dienone is 4. The summed E-state index contributed by atoms with van der Waals surface area (Å²) >= 11 is 0. The molecule has 21 heavy (non-hydrogen) atoms. The maximum atomic E-state index is 12.6. The third-order valence-electron chi connectivity index (χ3n) is 4.18. The molecule has 0 spiro atoms. The minimum atomic E-state index is 0.0907. The van der Waals surface area contributed by atoms with Gasteiger partial charge in [-0.05, 0) is 51.7 Å². The van der Waals surface area contributed by atoms with Crippen LogP contribution in [0.15, 0.2) is 34.9 Å². The van der Waals surface area contributed by atoms with Gasteiger partial charge in [-0.3, -0.25) is 4.79 Å². The molecule has 1 rings (SSSR count). The average Bonchev–Trinajstić information content (AvgIpc) is 2.50. The summed E-state index contributed by atoms with van der Waals surface area (Å²) in [6, 6.07) is 0.361. The average molecular weight is 289 g/mol. The van der Waals surface area contributed by atoms with E-state index < -0.39 is 0 Å². The van der Waals surface area contributed by atoms with Crippen molar-refractivity contribution >= 4 is 5.91 Å². The molecule has 0 aromatic rings. The fraction of sp³-hybridized carbons (Fsp3) is 0.632. The summed E-state index contributed by atoms with van der Waals surface area (Å²) in [7, 11) is 0. The zero-order chi connectivity index (χ0) is 15.7. The largest absolute Gasteiger partial charge is 0.349 e. The summed E-state index contributed by atoms with van der Waals surface area (Å²) in [5, 5.41) is 3.23. The van der Waals surface area contributed by atoms with E-state index in [0.717, 1.165) is 42.4 Å². The van der Waals surface area contributed by atoms with Gasteiger partial charge in [0, 0.05) is 11.6 Å². The van der Waals surface area contributed by atoms with Gasteiger partial charge < -0.3 is 5.32 Å². The topological polar surface area (TPSA) is 29.1 Å². The molecule has 1 aliphatic rings. The Balaban J connectivity index is 2.84. The van der Waals surface area contributed by atoms with Crippen LogP contribution >= 0.6 is 0 Å². The summed E-state index contributed by atoms with van der Waals surface area (Å²) in [6.07, 6.45) is 14.4. The van der Waals surface area contributed by atoms with E-state index >= 15 is 0 Å². The molecule has 0 aliphatic heterocycles. The third-order valence-corrected chi connectivity index (χ3v) is 4.18. The van der Waals surface area contributed by atoms with Crippen LogP contribution in [0.4, 0.5) is 0 Å². The first-order valence-electron chi connectivity index (χ1n) is 8.41. The van der Waals surface area contributed by atoms with E-state index in [1.165, 1.54) is 19.3 Å². The molecule has 1 N–H and O–H groups in total. The van der Waals surface area contributed by atoms with Gasteiger partial charge in [-0.2, -0.15) is 0 Å². The van der Waals surface area contributed by atoms with Crippen LogP contribution in [0.3, 0.4) is 0 Å². The van der Waals surface area contributed by atoms with Crippen molar-refractivity contribution in [3.05, 3.63) is 34.9 Å². The molecule has 0 unspecified atom stereocenters. The van der Waals surface area contributed by atoms with Crippen LogP contribution in [0.1, 0.15) is 72.6 Å². The normalized spacial score (nSPS) is 18.8. The first-order valence-corrected chi connectivity index (χ1v) is 8.41. The molecule has 2 heteroatoms. The quantitative estimate of drug-likeness (QED) is 0.536. The molecule has 1 amide bonds. The van der Waals surface area contributed by atoms with Crippen LogP contribution in [0, 0.1) is 0 Å². The lowest BCUT2D eigenvalue weighted by molar-refractivity contribution is -0.118. The number of hydrogen-bond donors (Lipinski definition) is 1. The van der Waals surface area contributed by atoms with Crippen molar-refractivity contribution in [2.75, 3.05) is 0 Å². The summed E-state index contributed by atoms with van der Waals surface area (Å²) in [5.74, 6) is 0.0907. The van der Waals surface area contributed by atoms with E-state index in [0.29, 0.717) is 6.04 Å². The molecule has 0 atom stereocenters. The second-order valence-electron chi connectivity index (χ2n) is 6.07. The highest BCUT2D eigenvalue weighted by atomic mass is 16.1. The molecule has 1 aliphatic carbocycles. The molecule has 0 radical (unpaired) electrons. The first-order chi connectivity index (χ1) is 10.1. The van der Waals surface area contributed by atoms with Crippen LogP contribution in [0.2, 0.25) is 0 Å². The molecule has 0 aromatic heterocycles. The fourth-order valence-corrected chi connectivity index (χ4v) is 2.65. The number of hydrogen-bond acceptors (Lipinski definition) is 1. The monoisotopic (exact) mass is 289 g/mol. The van der Waals surface area contributed by atoms with Crippen molar-refractivity contribution in [1.29, 1.82) is 0 Å². The highest BCUT2D eigenvalue weighted by molar-refractivity contribution is 5.98. The standard InChI is InChI=1S/C19H31NO/c1-5-7-11-16(4)18(14-15(3)6-2)19(21)20-17-12-9-8-10-13-17/h6,11,14,17H,5,7-10,12-13H2,1-4H3,(H,20,21)/b15-6-,16-11+,18-14+. The Hall–Kier alpha value is -1.31. The molecule has 0 aromatic carbocycles. The maximum Gasteiger partial charge on any atom is 0.251 e. The molecule has 0 heterocycles. The molecule has 1 saturated carbocycles. The van der Waals surface area contributed by atoms with Gasteiger partial charge in [-0.15, -0.1) is 0 Å². The van der Waals surface area contributed by atoms with Gasteiger partial charge in [0.05, 0.1) is 0 Å². The Bertz CT molecular complexity index is 423. The number of carbonyl (C=O) groups excluding carboxylic acids is 1. The Kier molecular flexibility index (Phi) is 8.11. The lowest BCUT2D eigenvalue weighted by Gasteiger charge is -2.23. The molecule has 0 saturated heterocycles. The van der Waals surface area contributed by atoms with Gasteiger partial charge in [0.2, 0.25) is 0 Å². The van der Waals surface area contributed by atoms with Crippen LogP contribution in [-0.4, -0.2) is 11.9 Å². The summed E-state index contributed by atoms with van der Waals surface area (Å²) < 4.78 is 0. The van der Waals surface area contributed by atoms with Gasteiger partial charge in [0.25, 0.3) is 5.91 Å². The van der Waals surface area contributed by atoms with Gasteiger partial charge in [-0.25, -0.2) is 0 Å². The fourth-order valence-electron chi connectivity index (χ4n) is 2.65. The van der Waals surface area contributed by atoms with Gasteiger partial charge in [0.15, 0.2) is 0 Å². The predicted molar refractivity (Wildman–Crippen MR) is 91.2 cm³/mol. The minimum Gasteiger partial charge on any atom is -0.349 e. The smallest absolute Gasteiger partial charge is 0.251 e. The van der Waals surface area contributed by atoms with Crippen molar-refractivity contribution < 1.29 is 4.79 Å². The SMILES string of the molecule is C\C=C(C)/C=C(C(=O)NC1CCCCC1)\C(C)=C\CCC. The molecule has 118 valence electrons. The van der Waals surface area contributed by atoms with Crippen LogP contribution < -0.4 is 5.32 Å². The van der Waals surface area contributed by atoms with E-state index in [1.54, 1.807) is 0 Å². The Labute approximate surface area is 130 Å². The Morgan fingerprint density at radius 2 is 1.86 bits per heavy atom. The van der Waals surface area contributed by atoms with Gasteiger partial charge >= 0.3 is 0 Å². The zero-order valence-corrected chi connectivity index (χ0v) is 14.2. The molecular weight excluding hydrogens is 258 g/mol. The second-order valence-corrected chi connectivity index (χ2v) is 6.07. The van der Waals surface area contributed by atoms with Crippen LogP contribution in [-0.2, 0) is 4.79 Å². The lowest BCUT2D eigenvalue weighted by Crippen LogP contribution is -2.37. The number of unbranched alkanes of at least 4 members (excludes halogenated alkanes) is 1. The van der Waals surface area contributed by atoms with E-state index in [-0.39, 0.29) is 5.91 Å². The van der Waals surface area contributed by atoms with Gasteiger partial charge in [-0.1, -0.05) is 50.3 Å². The Morgan fingerprint density at radius 1 is 1.19 bits per heavy atom. The highest BCUT2D eigenvalue weighted by Crippen LogP contribution is 2.20. The lowest BCUT2D eigenvalue weighted by atomic mass is 9.94. The van der Waals surface area contributed by atoms with Crippen molar-refractivity contribution in [2.45, 2.75) is 78.7 Å². The number of carbonyl (C=O) groups is 1. The summed E-state index contributed by atoms with van der Waals surface area (Å²) in [5.41, 5.74) is 3.05. The van der Waals surface area contributed by atoms with E-state index in [1.807, 2.05) is 32.9 Å². The maximum absolute atomic E-state index is 12.6. The third kappa shape index (κ3) is 6.33. The van der Waals surface area contributed by atoms with Crippen molar-refractivity contribution in [3.8, 4) is 0 Å². The van der Waals surface area contributed by atoms with Crippen molar-refractivity contribution in [3.63, 3.8) is 0 Å². The number of nitrogens with one attached hydrogen (secondary N) is 1. The molecular formula is C19H31NO. The van der Waals surface area contributed by atoms with Crippen LogP contribution in [0.25, 0.3) is 0 Å².